The molecule has 0 unspecified atom stereocenters. The van der Waals surface area contributed by atoms with Crippen LogP contribution in [0.25, 0.3) is 0 Å². The normalized spacial score (nSPS) is 9.44. The van der Waals surface area contributed by atoms with Gasteiger partial charge in [-0.2, -0.15) is 0 Å². The van der Waals surface area contributed by atoms with E-state index in [0.717, 1.165) is 12.2 Å². The average Bonchev–Trinajstić information content (AvgIpc) is 1.80. The van der Waals surface area contributed by atoms with E-state index >= 15 is 0 Å². The van der Waals surface area contributed by atoms with E-state index < -0.39 is 5.97 Å². The first-order valence-electron chi connectivity index (χ1n) is 2.64. The fraction of sp³-hybridized carbons (Fsp3) is 0.800. The van der Waals surface area contributed by atoms with Crippen molar-refractivity contribution in [3.05, 3.63) is 0 Å². The van der Waals surface area contributed by atoms with E-state index in [4.69, 9.17) is 5.11 Å². The van der Waals surface area contributed by atoms with Crippen molar-refractivity contribution in [3.63, 3.8) is 0 Å². The number of hydrogen-bond donors (Lipinski definition) is 1. The third-order valence-electron chi connectivity index (χ3n) is 0.736. The maximum Gasteiger partial charge on any atom is 0.303 e. The third kappa shape index (κ3) is 8.17. The molecular formula is C5H10O2S2. The molecule has 1 N–H and O–H groups in total. The summed E-state index contributed by atoms with van der Waals surface area (Å²) in [5, 5.41) is 8.20. The number of carbonyl (C=O) groups is 1. The zero-order chi connectivity index (χ0) is 7.11. The summed E-state index contributed by atoms with van der Waals surface area (Å²) < 4.78 is 0. The van der Waals surface area contributed by atoms with Crippen molar-refractivity contribution in [1.82, 2.24) is 0 Å². The van der Waals surface area contributed by atoms with Gasteiger partial charge in [0.25, 0.3) is 0 Å². The summed E-state index contributed by atoms with van der Waals surface area (Å²) in [6, 6.07) is 0. The summed E-state index contributed by atoms with van der Waals surface area (Å²) in [7, 11) is 3.38. The van der Waals surface area contributed by atoms with Gasteiger partial charge in [-0.15, -0.1) is 0 Å². The highest BCUT2D eigenvalue weighted by molar-refractivity contribution is 8.76. The van der Waals surface area contributed by atoms with Crippen LogP contribution in [0, 0.1) is 0 Å². The van der Waals surface area contributed by atoms with Crippen molar-refractivity contribution in [2.24, 2.45) is 0 Å². The lowest BCUT2D eigenvalue weighted by Crippen LogP contribution is -1.93. The highest BCUT2D eigenvalue weighted by Gasteiger charge is 1.94. The smallest absolute Gasteiger partial charge is 0.303 e. The van der Waals surface area contributed by atoms with Crippen LogP contribution in [0.15, 0.2) is 0 Å². The third-order valence-corrected chi connectivity index (χ3v) is 2.63. The minimum absolute atomic E-state index is 0.299. The zero-order valence-electron chi connectivity index (χ0n) is 5.29. The highest BCUT2D eigenvalue weighted by Crippen LogP contribution is 2.17. The van der Waals surface area contributed by atoms with Crippen LogP contribution in [0.2, 0.25) is 0 Å². The molecule has 54 valence electrons. The van der Waals surface area contributed by atoms with Gasteiger partial charge in [-0.1, -0.05) is 21.6 Å². The van der Waals surface area contributed by atoms with Crippen molar-refractivity contribution < 1.29 is 9.90 Å². The van der Waals surface area contributed by atoms with Gasteiger partial charge in [-0.05, 0) is 12.7 Å². The molecule has 0 saturated heterocycles. The van der Waals surface area contributed by atoms with Crippen LogP contribution in [0.4, 0.5) is 0 Å². The standard InChI is InChI=1S/C5H10O2S2/c1-8-9-4-2-3-5(6)7/h2-4H2,1H3,(H,6,7). The minimum atomic E-state index is -0.697. The lowest BCUT2D eigenvalue weighted by atomic mass is 10.3. The van der Waals surface area contributed by atoms with Crippen molar-refractivity contribution in [3.8, 4) is 0 Å². The van der Waals surface area contributed by atoms with Crippen molar-refractivity contribution >= 4 is 27.6 Å². The molecule has 0 amide bonds. The molecule has 0 aliphatic carbocycles. The molecule has 0 rings (SSSR count). The Labute approximate surface area is 62.8 Å². The van der Waals surface area contributed by atoms with Crippen molar-refractivity contribution in [1.29, 1.82) is 0 Å². The van der Waals surface area contributed by atoms with Gasteiger partial charge in [-0.25, -0.2) is 0 Å². The van der Waals surface area contributed by atoms with E-state index in [1.54, 1.807) is 21.6 Å². The first kappa shape index (κ1) is 9.17. The molecule has 2 nitrogen and oxygen atoms in total. The largest absolute Gasteiger partial charge is 0.481 e. The van der Waals surface area contributed by atoms with Crippen LogP contribution < -0.4 is 0 Å². The van der Waals surface area contributed by atoms with Gasteiger partial charge in [0, 0.05) is 12.2 Å². The fourth-order valence-electron chi connectivity index (χ4n) is 0.366. The molecule has 0 aliphatic heterocycles. The molecule has 9 heavy (non-hydrogen) atoms. The molecular weight excluding hydrogens is 156 g/mol. The maximum atomic E-state index is 9.95. The van der Waals surface area contributed by atoms with Crippen LogP contribution in [0.1, 0.15) is 12.8 Å². The van der Waals surface area contributed by atoms with E-state index in [9.17, 15) is 4.79 Å². The van der Waals surface area contributed by atoms with Gasteiger partial charge in [-0.3, -0.25) is 4.79 Å². The van der Waals surface area contributed by atoms with Gasteiger partial charge in [0.05, 0.1) is 0 Å². The Bertz CT molecular complexity index is 85.0. The monoisotopic (exact) mass is 166 g/mol. The topological polar surface area (TPSA) is 37.3 Å². The first-order chi connectivity index (χ1) is 4.27. The molecule has 0 atom stereocenters. The predicted octanol–water partition coefficient (Wildman–Crippen LogP) is 1.86. The van der Waals surface area contributed by atoms with Gasteiger partial charge in [0.2, 0.25) is 0 Å². The summed E-state index contributed by atoms with van der Waals surface area (Å²) in [4.78, 5) is 9.95. The van der Waals surface area contributed by atoms with Gasteiger partial charge < -0.3 is 5.11 Å². The quantitative estimate of drug-likeness (QED) is 0.499. The Hall–Kier alpha value is 0.170. The minimum Gasteiger partial charge on any atom is -0.481 e. The molecule has 0 heterocycles. The van der Waals surface area contributed by atoms with E-state index in [2.05, 4.69) is 0 Å². The fourth-order valence-corrected chi connectivity index (χ4v) is 1.65. The van der Waals surface area contributed by atoms with E-state index in [1.807, 2.05) is 6.26 Å². The highest BCUT2D eigenvalue weighted by atomic mass is 33.1. The summed E-state index contributed by atoms with van der Waals surface area (Å²) in [5.41, 5.74) is 0. The van der Waals surface area contributed by atoms with E-state index in [0.29, 0.717) is 6.42 Å². The van der Waals surface area contributed by atoms with Crippen molar-refractivity contribution in [2.75, 3.05) is 12.0 Å². The first-order valence-corrected chi connectivity index (χ1v) is 5.37. The molecule has 4 heteroatoms. The molecule has 0 fully saturated rings. The second kappa shape index (κ2) is 6.29. The Morgan fingerprint density at radius 1 is 1.67 bits per heavy atom. The number of rotatable bonds is 5. The number of hydrogen-bond acceptors (Lipinski definition) is 3. The predicted molar refractivity (Wildman–Crippen MR) is 42.8 cm³/mol. The Balaban J connectivity index is 2.83. The average molecular weight is 166 g/mol. The van der Waals surface area contributed by atoms with Gasteiger partial charge in [0.15, 0.2) is 0 Å². The molecule has 0 aromatic heterocycles. The summed E-state index contributed by atoms with van der Waals surface area (Å²) in [6.45, 7) is 0. The van der Waals surface area contributed by atoms with E-state index in [-0.39, 0.29) is 0 Å². The molecule has 0 aromatic carbocycles. The van der Waals surface area contributed by atoms with E-state index in [1.165, 1.54) is 0 Å². The number of carboxylic acid groups (broad SMARTS) is 1. The number of aliphatic carboxylic acids is 1. The van der Waals surface area contributed by atoms with Crippen LogP contribution in [-0.4, -0.2) is 23.1 Å². The molecule has 0 spiro atoms. The molecule has 0 radical (unpaired) electrons. The van der Waals surface area contributed by atoms with Crippen LogP contribution >= 0.6 is 21.6 Å². The number of carboxylic acids is 1. The van der Waals surface area contributed by atoms with Crippen LogP contribution in [0.3, 0.4) is 0 Å². The van der Waals surface area contributed by atoms with Gasteiger partial charge >= 0.3 is 5.97 Å². The van der Waals surface area contributed by atoms with Crippen LogP contribution in [-0.2, 0) is 4.79 Å². The molecule has 0 saturated carbocycles. The lowest BCUT2D eigenvalue weighted by Gasteiger charge is -1.92. The molecule has 0 aliphatic rings. The Morgan fingerprint density at radius 2 is 2.33 bits per heavy atom. The molecule has 0 bridgehead atoms. The summed E-state index contributed by atoms with van der Waals surface area (Å²) in [6.07, 6.45) is 3.07. The Morgan fingerprint density at radius 3 is 2.78 bits per heavy atom. The summed E-state index contributed by atoms with van der Waals surface area (Å²) in [5.74, 6) is 0.240. The molecule has 0 aromatic rings. The summed E-state index contributed by atoms with van der Waals surface area (Å²) >= 11 is 0. The second-order valence-corrected chi connectivity index (χ2v) is 4.17. The zero-order valence-corrected chi connectivity index (χ0v) is 6.93. The SMILES string of the molecule is CSSCCCC(=O)O. The Kier molecular flexibility index (Phi) is 6.41. The maximum absolute atomic E-state index is 9.95. The second-order valence-electron chi connectivity index (χ2n) is 1.49. The van der Waals surface area contributed by atoms with Crippen LogP contribution in [0.5, 0.6) is 0 Å². The van der Waals surface area contributed by atoms with Crippen molar-refractivity contribution in [2.45, 2.75) is 12.8 Å². The van der Waals surface area contributed by atoms with Gasteiger partial charge in [0.1, 0.15) is 0 Å². The lowest BCUT2D eigenvalue weighted by molar-refractivity contribution is -0.137.